The van der Waals surface area contributed by atoms with E-state index < -0.39 is 7.82 Å². The van der Waals surface area contributed by atoms with Gasteiger partial charge >= 0.3 is 7.82 Å². The maximum absolute atomic E-state index is 9.96. The molecule has 0 atom stereocenters. The summed E-state index contributed by atoms with van der Waals surface area (Å²) < 4.78 is 14.1. The minimum atomic E-state index is -4.22. The average Bonchev–Trinajstić information content (AvgIpc) is 1.63. The lowest BCUT2D eigenvalue weighted by atomic mass is 10.5. The van der Waals surface area contributed by atoms with E-state index >= 15 is 0 Å². The van der Waals surface area contributed by atoms with Crippen LogP contribution in [0.1, 0.15) is 6.42 Å². The third-order valence-corrected chi connectivity index (χ3v) is 1.62. The molecule has 0 aromatic carbocycles. The van der Waals surface area contributed by atoms with Crippen molar-refractivity contribution in [3.05, 3.63) is 0 Å². The largest absolute Gasteiger partial charge is 0.469 e. The molecule has 0 spiro atoms. The Kier molecular flexibility index (Phi) is 15.2. The Balaban J connectivity index is -0.000000320. The van der Waals surface area contributed by atoms with E-state index in [4.69, 9.17) is 9.79 Å². The van der Waals surface area contributed by atoms with Crippen LogP contribution in [0, 0.1) is 0 Å². The molecule has 2 N–H and O–H groups in total. The summed E-state index contributed by atoms with van der Waals surface area (Å²) in [6.07, 6.45) is 0.602. The molecule has 72 valence electrons. The zero-order chi connectivity index (χ0) is 7.33. The summed E-state index contributed by atoms with van der Waals surface area (Å²) in [6, 6.07) is 0. The summed E-state index contributed by atoms with van der Waals surface area (Å²) in [5.41, 5.74) is 0. The molecule has 0 amide bonds. The number of halogens is 3. The Labute approximate surface area is 85.9 Å². The van der Waals surface area contributed by atoms with E-state index in [9.17, 15) is 4.57 Å². The smallest absolute Gasteiger partial charge is 0.303 e. The van der Waals surface area contributed by atoms with E-state index in [0.29, 0.717) is 11.8 Å². The second-order valence-electron chi connectivity index (χ2n) is 1.37. The van der Waals surface area contributed by atoms with Crippen LogP contribution < -0.4 is 0 Å². The first-order valence-electron chi connectivity index (χ1n) is 2.32. The first-order chi connectivity index (χ1) is 4.06. The van der Waals surface area contributed by atoms with Gasteiger partial charge in [-0.3, -0.25) is 4.52 Å². The number of alkyl halides is 1. The molecule has 0 unspecified atom stereocenters. The van der Waals surface area contributed by atoms with Gasteiger partial charge in [0.15, 0.2) is 0 Å². The van der Waals surface area contributed by atoms with E-state index in [-0.39, 0.29) is 31.4 Å². The van der Waals surface area contributed by atoms with Crippen molar-refractivity contribution in [3.8, 4) is 0 Å². The van der Waals surface area contributed by atoms with Crippen LogP contribution in [0.5, 0.6) is 0 Å². The van der Waals surface area contributed by atoms with Crippen molar-refractivity contribution in [2.75, 3.05) is 11.9 Å². The molecule has 0 heterocycles. The molecule has 0 aliphatic heterocycles. The molecule has 4 nitrogen and oxygen atoms in total. The number of rotatable bonds is 4. The minimum Gasteiger partial charge on any atom is -0.303 e. The van der Waals surface area contributed by atoms with Crippen molar-refractivity contribution >= 4 is 48.6 Å². The third kappa shape index (κ3) is 18.3. The zero-order valence-electron chi connectivity index (χ0n) is 5.47. The van der Waals surface area contributed by atoms with Crippen molar-refractivity contribution in [2.24, 2.45) is 0 Å². The molecule has 0 saturated carbocycles. The Morgan fingerprint density at radius 3 is 2.09 bits per heavy atom. The molecular weight excluding hydrogens is 282 g/mol. The second kappa shape index (κ2) is 9.26. The van der Waals surface area contributed by atoms with Crippen LogP contribution in [0.15, 0.2) is 0 Å². The molecular formula is C3H10BrCl2O4P. The average molecular weight is 292 g/mol. The van der Waals surface area contributed by atoms with E-state index in [0.717, 1.165) is 0 Å². The van der Waals surface area contributed by atoms with Crippen LogP contribution in [0.3, 0.4) is 0 Å². The SMILES string of the molecule is Cl.Cl.O=P(O)(O)OCCCBr. The molecule has 11 heavy (non-hydrogen) atoms. The van der Waals surface area contributed by atoms with Crippen molar-refractivity contribution in [3.63, 3.8) is 0 Å². The van der Waals surface area contributed by atoms with Gasteiger partial charge in [-0.2, -0.15) is 0 Å². The highest BCUT2D eigenvalue weighted by molar-refractivity contribution is 9.09. The van der Waals surface area contributed by atoms with Crippen molar-refractivity contribution in [2.45, 2.75) is 6.42 Å². The van der Waals surface area contributed by atoms with Crippen LogP contribution >= 0.6 is 48.6 Å². The molecule has 0 aromatic rings. The van der Waals surface area contributed by atoms with E-state index in [1.54, 1.807) is 0 Å². The van der Waals surface area contributed by atoms with Gasteiger partial charge in [-0.25, -0.2) is 4.57 Å². The first kappa shape index (κ1) is 18.1. The number of phosphoric ester groups is 1. The molecule has 0 aliphatic rings. The second-order valence-corrected chi connectivity index (χ2v) is 3.40. The fourth-order valence-electron chi connectivity index (χ4n) is 0.238. The molecule has 0 radical (unpaired) electrons. The molecule has 0 rings (SSSR count). The summed E-state index contributed by atoms with van der Waals surface area (Å²) in [6.45, 7) is 0.0928. The predicted octanol–water partition coefficient (Wildman–Crippen LogP) is 1.72. The van der Waals surface area contributed by atoms with Crippen LogP contribution in [-0.4, -0.2) is 21.7 Å². The van der Waals surface area contributed by atoms with E-state index in [1.807, 2.05) is 0 Å². The van der Waals surface area contributed by atoms with E-state index in [2.05, 4.69) is 20.5 Å². The van der Waals surface area contributed by atoms with Gasteiger partial charge < -0.3 is 9.79 Å². The lowest BCUT2D eigenvalue weighted by Gasteiger charge is -2.01. The summed E-state index contributed by atoms with van der Waals surface area (Å²) >= 11 is 3.08. The molecule has 0 bridgehead atoms. The molecule has 0 saturated heterocycles. The summed E-state index contributed by atoms with van der Waals surface area (Å²) in [5, 5.41) is 0.688. The van der Waals surface area contributed by atoms with Crippen LogP contribution in [0.4, 0.5) is 0 Å². The summed E-state index contributed by atoms with van der Waals surface area (Å²) in [7, 11) is -4.22. The van der Waals surface area contributed by atoms with Gasteiger partial charge in [0.1, 0.15) is 0 Å². The number of phosphoric acid groups is 1. The maximum atomic E-state index is 9.96. The normalized spacial score (nSPS) is 9.73. The van der Waals surface area contributed by atoms with Gasteiger partial charge in [0.2, 0.25) is 0 Å². The van der Waals surface area contributed by atoms with Gasteiger partial charge in [0.25, 0.3) is 0 Å². The van der Waals surface area contributed by atoms with Crippen LogP contribution in [-0.2, 0) is 9.09 Å². The van der Waals surface area contributed by atoms with Gasteiger partial charge in [-0.05, 0) is 6.42 Å². The lowest BCUT2D eigenvalue weighted by molar-refractivity contribution is 0.198. The van der Waals surface area contributed by atoms with Crippen molar-refractivity contribution in [1.29, 1.82) is 0 Å². The third-order valence-electron chi connectivity index (χ3n) is 0.537. The molecule has 0 aliphatic carbocycles. The fraction of sp³-hybridized carbons (Fsp3) is 1.00. The maximum Gasteiger partial charge on any atom is 0.469 e. The summed E-state index contributed by atoms with van der Waals surface area (Å²) in [4.78, 5) is 16.2. The Bertz CT molecular complexity index is 118. The zero-order valence-corrected chi connectivity index (χ0v) is 9.59. The van der Waals surface area contributed by atoms with Crippen LogP contribution in [0.25, 0.3) is 0 Å². The fourth-order valence-corrected chi connectivity index (χ4v) is 0.834. The highest BCUT2D eigenvalue weighted by Gasteiger charge is 2.11. The van der Waals surface area contributed by atoms with Crippen LogP contribution in [0.2, 0.25) is 0 Å². The highest BCUT2D eigenvalue weighted by Crippen LogP contribution is 2.35. The van der Waals surface area contributed by atoms with E-state index in [1.165, 1.54) is 0 Å². The lowest BCUT2D eigenvalue weighted by Crippen LogP contribution is -1.91. The number of hydrogen-bond acceptors (Lipinski definition) is 2. The van der Waals surface area contributed by atoms with Gasteiger partial charge in [0.05, 0.1) is 6.61 Å². The predicted molar refractivity (Wildman–Crippen MR) is 50.9 cm³/mol. The number of hydrogen-bond donors (Lipinski definition) is 2. The first-order valence-corrected chi connectivity index (χ1v) is 4.97. The quantitative estimate of drug-likeness (QED) is 0.470. The van der Waals surface area contributed by atoms with Crippen molar-refractivity contribution < 1.29 is 18.9 Å². The standard InChI is InChI=1S/C3H8BrO4P.2ClH/c4-2-1-3-8-9(5,6)7;;/h1-3H2,(H2,5,6,7);2*1H. The monoisotopic (exact) mass is 290 g/mol. The molecule has 8 heteroatoms. The minimum absolute atomic E-state index is 0. The Morgan fingerprint density at radius 1 is 1.36 bits per heavy atom. The molecule has 0 aromatic heterocycles. The Hall–Kier alpha value is 1.17. The Morgan fingerprint density at radius 2 is 1.82 bits per heavy atom. The summed E-state index contributed by atoms with van der Waals surface area (Å²) in [5.74, 6) is 0. The van der Waals surface area contributed by atoms with Gasteiger partial charge in [-0.15, -0.1) is 24.8 Å². The highest BCUT2D eigenvalue weighted by atomic mass is 79.9. The molecule has 0 fully saturated rings. The van der Waals surface area contributed by atoms with Gasteiger partial charge in [0, 0.05) is 5.33 Å². The van der Waals surface area contributed by atoms with Crippen molar-refractivity contribution in [1.82, 2.24) is 0 Å². The topological polar surface area (TPSA) is 66.8 Å². The van der Waals surface area contributed by atoms with Gasteiger partial charge in [-0.1, -0.05) is 15.9 Å².